The summed E-state index contributed by atoms with van der Waals surface area (Å²) >= 11 is 0. The molecule has 3 N–H and O–H groups in total. The summed E-state index contributed by atoms with van der Waals surface area (Å²) < 4.78 is 33.0. The van der Waals surface area contributed by atoms with Gasteiger partial charge in [0.25, 0.3) is 5.91 Å². The van der Waals surface area contributed by atoms with Crippen molar-refractivity contribution < 1.29 is 23.1 Å². The average Bonchev–Trinajstić information content (AvgIpc) is 3.39. The third kappa shape index (κ3) is 7.31. The Labute approximate surface area is 214 Å². The molecular formula is C29H29F2N3O3. The topological polar surface area (TPSA) is 87.4 Å². The second-order valence-corrected chi connectivity index (χ2v) is 8.84. The molecule has 8 heteroatoms. The summed E-state index contributed by atoms with van der Waals surface area (Å²) in [5, 5.41) is 16.9. The maximum Gasteiger partial charge on any atom is 0.273 e. The van der Waals surface area contributed by atoms with Gasteiger partial charge < -0.3 is 20.2 Å². The van der Waals surface area contributed by atoms with Crippen molar-refractivity contribution in [2.75, 3.05) is 6.54 Å². The molecule has 0 bridgehead atoms. The fourth-order valence-corrected chi connectivity index (χ4v) is 4.07. The molecular weight excluding hydrogens is 476 g/mol. The number of hydrogen-bond acceptors (Lipinski definition) is 5. The van der Waals surface area contributed by atoms with Crippen LogP contribution in [-0.4, -0.2) is 34.7 Å². The van der Waals surface area contributed by atoms with Gasteiger partial charge in [-0.2, -0.15) is 0 Å². The van der Waals surface area contributed by atoms with Crippen LogP contribution in [0.25, 0.3) is 11.5 Å². The molecule has 0 aliphatic heterocycles. The van der Waals surface area contributed by atoms with E-state index in [4.69, 9.17) is 4.42 Å². The van der Waals surface area contributed by atoms with Crippen LogP contribution >= 0.6 is 0 Å². The smallest absolute Gasteiger partial charge is 0.273 e. The predicted octanol–water partition coefficient (Wildman–Crippen LogP) is 4.67. The minimum atomic E-state index is -1.05. The third-order valence-electron chi connectivity index (χ3n) is 6.00. The van der Waals surface area contributed by atoms with Crippen LogP contribution in [0.1, 0.15) is 34.1 Å². The number of aliphatic hydroxyl groups is 1. The van der Waals surface area contributed by atoms with E-state index in [9.17, 15) is 18.7 Å². The fraction of sp³-hybridized carbons (Fsp3) is 0.241. The molecule has 3 aromatic carbocycles. The molecule has 0 saturated carbocycles. The number of aryl methyl sites for hydroxylation is 1. The van der Waals surface area contributed by atoms with Gasteiger partial charge in [0.15, 0.2) is 5.69 Å². The van der Waals surface area contributed by atoms with Crippen LogP contribution in [0.4, 0.5) is 8.78 Å². The normalized spacial score (nSPS) is 12.8. The van der Waals surface area contributed by atoms with Gasteiger partial charge in [0.1, 0.15) is 17.9 Å². The lowest BCUT2D eigenvalue weighted by molar-refractivity contribution is 0.0825. The van der Waals surface area contributed by atoms with E-state index in [-0.39, 0.29) is 24.6 Å². The van der Waals surface area contributed by atoms with Crippen LogP contribution in [0, 0.1) is 11.6 Å². The summed E-state index contributed by atoms with van der Waals surface area (Å²) in [5.74, 6) is -1.74. The molecule has 0 saturated heterocycles. The predicted molar refractivity (Wildman–Crippen MR) is 137 cm³/mol. The van der Waals surface area contributed by atoms with E-state index >= 15 is 0 Å². The Kier molecular flexibility index (Phi) is 8.77. The summed E-state index contributed by atoms with van der Waals surface area (Å²) in [6, 6.07) is 19.5. The van der Waals surface area contributed by atoms with Gasteiger partial charge in [0.2, 0.25) is 5.89 Å². The van der Waals surface area contributed by atoms with Gasteiger partial charge in [0, 0.05) is 24.7 Å². The largest absolute Gasteiger partial charge is 0.444 e. The van der Waals surface area contributed by atoms with E-state index < -0.39 is 29.7 Å². The molecule has 0 aliphatic carbocycles. The number of rotatable bonds is 11. The van der Waals surface area contributed by atoms with Gasteiger partial charge >= 0.3 is 0 Å². The quantitative estimate of drug-likeness (QED) is 0.276. The zero-order chi connectivity index (χ0) is 26.2. The molecule has 4 rings (SSSR count). The molecule has 0 radical (unpaired) electrons. The van der Waals surface area contributed by atoms with Crippen LogP contribution < -0.4 is 10.6 Å². The van der Waals surface area contributed by atoms with Crippen LogP contribution in [0.15, 0.2) is 83.5 Å². The van der Waals surface area contributed by atoms with Crippen molar-refractivity contribution >= 4 is 5.91 Å². The minimum absolute atomic E-state index is 0.0119. The number of amides is 1. The number of halogens is 2. The number of carbonyl (C=O) groups excluding carboxylic acids is 1. The SMILES string of the molecule is CCc1cccc(CNCC(O)C(Cc2cc(F)cc(F)c2)NC(=O)c2coc(-c3ccccc3)n2)c1. The second kappa shape index (κ2) is 12.4. The molecule has 2 unspecified atom stereocenters. The fourth-order valence-electron chi connectivity index (χ4n) is 4.07. The summed E-state index contributed by atoms with van der Waals surface area (Å²) in [6.07, 6.45) is 1.12. The molecule has 4 aromatic rings. The maximum absolute atomic E-state index is 13.8. The molecule has 0 spiro atoms. The van der Waals surface area contributed by atoms with E-state index in [0.29, 0.717) is 17.7 Å². The third-order valence-corrected chi connectivity index (χ3v) is 6.00. The highest BCUT2D eigenvalue weighted by Crippen LogP contribution is 2.18. The first-order chi connectivity index (χ1) is 17.9. The average molecular weight is 506 g/mol. The van der Waals surface area contributed by atoms with Gasteiger partial charge in [-0.05, 0) is 53.8 Å². The van der Waals surface area contributed by atoms with Crippen molar-refractivity contribution in [2.24, 2.45) is 0 Å². The molecule has 37 heavy (non-hydrogen) atoms. The summed E-state index contributed by atoms with van der Waals surface area (Å²) in [4.78, 5) is 17.2. The van der Waals surface area contributed by atoms with Crippen LogP contribution in [0.2, 0.25) is 0 Å². The lowest BCUT2D eigenvalue weighted by Crippen LogP contribution is -2.48. The van der Waals surface area contributed by atoms with Crippen LogP contribution in [-0.2, 0) is 19.4 Å². The van der Waals surface area contributed by atoms with Gasteiger partial charge in [0.05, 0.1) is 12.1 Å². The Morgan fingerprint density at radius 2 is 1.70 bits per heavy atom. The highest BCUT2D eigenvalue weighted by molar-refractivity contribution is 5.92. The van der Waals surface area contributed by atoms with Crippen molar-refractivity contribution in [1.82, 2.24) is 15.6 Å². The first-order valence-corrected chi connectivity index (χ1v) is 12.1. The molecule has 6 nitrogen and oxygen atoms in total. The Bertz CT molecular complexity index is 1310. The Hall–Kier alpha value is -3.88. The molecule has 192 valence electrons. The number of aromatic nitrogens is 1. The Morgan fingerprint density at radius 1 is 0.973 bits per heavy atom. The minimum Gasteiger partial charge on any atom is -0.444 e. The summed E-state index contributed by atoms with van der Waals surface area (Å²) in [7, 11) is 0. The van der Waals surface area contributed by atoms with Gasteiger partial charge in [-0.15, -0.1) is 0 Å². The molecule has 0 aliphatic rings. The van der Waals surface area contributed by atoms with Gasteiger partial charge in [-0.3, -0.25) is 4.79 Å². The number of carbonyl (C=O) groups is 1. The standard InChI is InChI=1S/C29H29F2N3O3/c1-2-19-7-6-8-20(11-19)16-32-17-27(35)25(14-21-12-23(30)15-24(31)13-21)33-28(36)26-18-37-29(34-26)22-9-4-3-5-10-22/h3-13,15,18,25,27,32,35H,2,14,16-17H2,1H3,(H,33,36). The van der Waals surface area contributed by atoms with Gasteiger partial charge in [-0.25, -0.2) is 13.8 Å². The van der Waals surface area contributed by atoms with Crippen molar-refractivity contribution in [3.05, 3.63) is 113 Å². The van der Waals surface area contributed by atoms with Crippen molar-refractivity contribution in [2.45, 2.75) is 38.5 Å². The molecule has 1 heterocycles. The number of nitrogens with one attached hydrogen (secondary N) is 2. The monoisotopic (exact) mass is 505 g/mol. The highest BCUT2D eigenvalue weighted by Gasteiger charge is 2.24. The van der Waals surface area contributed by atoms with Crippen molar-refractivity contribution in [3.8, 4) is 11.5 Å². The van der Waals surface area contributed by atoms with E-state index in [1.54, 1.807) is 12.1 Å². The number of benzene rings is 3. The second-order valence-electron chi connectivity index (χ2n) is 8.84. The number of oxazole rings is 1. The molecule has 2 atom stereocenters. The molecule has 0 fully saturated rings. The molecule has 1 amide bonds. The van der Waals surface area contributed by atoms with Gasteiger partial charge in [-0.1, -0.05) is 49.4 Å². The highest BCUT2D eigenvalue weighted by atomic mass is 19.1. The van der Waals surface area contributed by atoms with Crippen molar-refractivity contribution in [3.63, 3.8) is 0 Å². The van der Waals surface area contributed by atoms with Crippen LogP contribution in [0.5, 0.6) is 0 Å². The first-order valence-electron chi connectivity index (χ1n) is 12.1. The number of hydrogen-bond donors (Lipinski definition) is 3. The number of nitrogens with zero attached hydrogens (tertiary/aromatic N) is 1. The maximum atomic E-state index is 13.8. The Balaban J connectivity index is 1.46. The zero-order valence-corrected chi connectivity index (χ0v) is 20.5. The van der Waals surface area contributed by atoms with E-state index in [1.165, 1.54) is 24.0 Å². The first kappa shape index (κ1) is 26.2. The van der Waals surface area contributed by atoms with E-state index in [2.05, 4.69) is 34.7 Å². The zero-order valence-electron chi connectivity index (χ0n) is 20.5. The lowest BCUT2D eigenvalue weighted by Gasteiger charge is -2.24. The summed E-state index contributed by atoms with van der Waals surface area (Å²) in [6.45, 7) is 2.74. The summed E-state index contributed by atoms with van der Waals surface area (Å²) in [5.41, 5.74) is 3.33. The van der Waals surface area contributed by atoms with Crippen LogP contribution in [0.3, 0.4) is 0 Å². The number of aliphatic hydroxyl groups excluding tert-OH is 1. The van der Waals surface area contributed by atoms with E-state index in [0.717, 1.165) is 18.1 Å². The lowest BCUT2D eigenvalue weighted by atomic mass is 10.00. The molecule has 1 aromatic heterocycles. The van der Waals surface area contributed by atoms with E-state index in [1.807, 2.05) is 30.3 Å². The Morgan fingerprint density at radius 3 is 2.43 bits per heavy atom. The van der Waals surface area contributed by atoms with Crippen molar-refractivity contribution in [1.29, 1.82) is 0 Å².